The van der Waals surface area contributed by atoms with E-state index in [1.165, 1.54) is 24.3 Å². The van der Waals surface area contributed by atoms with Crippen LogP contribution >= 0.6 is 11.8 Å². The van der Waals surface area contributed by atoms with Crippen molar-refractivity contribution in [2.75, 3.05) is 18.1 Å². The number of nitrogens with one attached hydrogen (secondary N) is 1. The van der Waals surface area contributed by atoms with Gasteiger partial charge < -0.3 is 10.4 Å². The van der Waals surface area contributed by atoms with Gasteiger partial charge in [0.1, 0.15) is 0 Å². The van der Waals surface area contributed by atoms with Crippen molar-refractivity contribution in [3.63, 3.8) is 0 Å². The molecule has 0 aromatic rings. The molecule has 12 heavy (non-hydrogen) atoms. The summed E-state index contributed by atoms with van der Waals surface area (Å²) < 4.78 is 0. The van der Waals surface area contributed by atoms with Gasteiger partial charge in [-0.3, -0.25) is 0 Å². The first-order chi connectivity index (χ1) is 5.86. The van der Waals surface area contributed by atoms with Gasteiger partial charge in [-0.25, -0.2) is 0 Å². The topological polar surface area (TPSA) is 32.3 Å². The van der Waals surface area contributed by atoms with Gasteiger partial charge in [-0.15, -0.1) is 0 Å². The number of thioether (sulfide) groups is 1. The standard InChI is InChI=1S/C9H17NOS/c11-9-3-1-2-7(9)4-10-8-5-12-6-8/h7-11H,1-6H2. The van der Waals surface area contributed by atoms with Crippen molar-refractivity contribution < 1.29 is 5.11 Å². The van der Waals surface area contributed by atoms with E-state index >= 15 is 0 Å². The van der Waals surface area contributed by atoms with Gasteiger partial charge in [-0.1, -0.05) is 6.42 Å². The van der Waals surface area contributed by atoms with Gasteiger partial charge in [0, 0.05) is 24.1 Å². The van der Waals surface area contributed by atoms with Crippen LogP contribution in [-0.4, -0.2) is 35.3 Å². The van der Waals surface area contributed by atoms with E-state index in [9.17, 15) is 5.11 Å². The van der Waals surface area contributed by atoms with Gasteiger partial charge in [0.25, 0.3) is 0 Å². The second kappa shape index (κ2) is 3.99. The predicted octanol–water partition coefficient (Wildman–Crippen LogP) is 0.852. The van der Waals surface area contributed by atoms with Crippen molar-refractivity contribution in [3.8, 4) is 0 Å². The average Bonchev–Trinajstić information content (AvgIpc) is 2.33. The van der Waals surface area contributed by atoms with E-state index in [1.807, 2.05) is 11.8 Å². The van der Waals surface area contributed by atoms with E-state index in [2.05, 4.69) is 5.32 Å². The van der Waals surface area contributed by atoms with Crippen LogP contribution in [0.25, 0.3) is 0 Å². The third kappa shape index (κ3) is 1.95. The van der Waals surface area contributed by atoms with E-state index in [0.717, 1.165) is 19.0 Å². The number of hydrogen-bond acceptors (Lipinski definition) is 3. The highest BCUT2D eigenvalue weighted by Gasteiger charge is 2.26. The molecule has 0 bridgehead atoms. The molecule has 3 heteroatoms. The third-order valence-corrected chi connectivity index (χ3v) is 4.20. The van der Waals surface area contributed by atoms with E-state index in [4.69, 9.17) is 0 Å². The largest absolute Gasteiger partial charge is 0.393 e. The lowest BCUT2D eigenvalue weighted by molar-refractivity contribution is 0.130. The van der Waals surface area contributed by atoms with E-state index < -0.39 is 0 Å². The summed E-state index contributed by atoms with van der Waals surface area (Å²) in [6.07, 6.45) is 3.43. The molecule has 1 saturated heterocycles. The number of rotatable bonds is 3. The third-order valence-electron chi connectivity index (χ3n) is 2.93. The molecule has 2 unspecified atom stereocenters. The van der Waals surface area contributed by atoms with Crippen LogP contribution in [0, 0.1) is 5.92 Å². The van der Waals surface area contributed by atoms with Crippen LogP contribution in [0.4, 0.5) is 0 Å². The summed E-state index contributed by atoms with van der Waals surface area (Å²) in [5, 5.41) is 13.1. The molecular formula is C9H17NOS. The zero-order valence-corrected chi connectivity index (χ0v) is 8.15. The Balaban J connectivity index is 1.64. The van der Waals surface area contributed by atoms with Crippen LogP contribution in [0.3, 0.4) is 0 Å². The van der Waals surface area contributed by atoms with Crippen molar-refractivity contribution in [1.29, 1.82) is 0 Å². The highest BCUT2D eigenvalue weighted by Crippen LogP contribution is 2.25. The van der Waals surface area contributed by atoms with Gasteiger partial charge in [0.15, 0.2) is 0 Å². The normalized spacial score (nSPS) is 36.8. The highest BCUT2D eigenvalue weighted by molar-refractivity contribution is 8.00. The SMILES string of the molecule is OC1CCCC1CNC1CSC1. The molecule has 2 N–H and O–H groups in total. The summed E-state index contributed by atoms with van der Waals surface area (Å²) in [6, 6.07) is 0.739. The quantitative estimate of drug-likeness (QED) is 0.687. The van der Waals surface area contributed by atoms with Crippen molar-refractivity contribution >= 4 is 11.8 Å². The summed E-state index contributed by atoms with van der Waals surface area (Å²) in [5.41, 5.74) is 0. The van der Waals surface area contributed by atoms with Crippen LogP contribution in [0.2, 0.25) is 0 Å². The van der Waals surface area contributed by atoms with Crippen molar-refractivity contribution in [2.24, 2.45) is 5.92 Å². The van der Waals surface area contributed by atoms with Crippen molar-refractivity contribution in [1.82, 2.24) is 5.32 Å². The Hall–Kier alpha value is 0.270. The Kier molecular flexibility index (Phi) is 2.94. The van der Waals surface area contributed by atoms with Crippen LogP contribution in [0.5, 0.6) is 0 Å². The van der Waals surface area contributed by atoms with Crippen LogP contribution < -0.4 is 5.32 Å². The number of aliphatic hydroxyl groups is 1. The van der Waals surface area contributed by atoms with Crippen LogP contribution in [-0.2, 0) is 0 Å². The van der Waals surface area contributed by atoms with Gasteiger partial charge in [-0.2, -0.15) is 11.8 Å². The Morgan fingerprint density at radius 1 is 1.33 bits per heavy atom. The summed E-state index contributed by atoms with van der Waals surface area (Å²) >= 11 is 2.00. The van der Waals surface area contributed by atoms with Gasteiger partial charge in [0.05, 0.1) is 6.10 Å². The number of hydrogen-bond donors (Lipinski definition) is 2. The molecule has 2 fully saturated rings. The molecule has 0 spiro atoms. The first-order valence-corrected chi connectivity index (χ1v) is 6.01. The fraction of sp³-hybridized carbons (Fsp3) is 1.00. The monoisotopic (exact) mass is 187 g/mol. The minimum atomic E-state index is -0.0229. The molecule has 0 aromatic carbocycles. The maximum atomic E-state index is 9.55. The van der Waals surface area contributed by atoms with Crippen LogP contribution in [0.1, 0.15) is 19.3 Å². The zero-order valence-electron chi connectivity index (χ0n) is 7.33. The average molecular weight is 187 g/mol. The molecule has 0 radical (unpaired) electrons. The minimum Gasteiger partial charge on any atom is -0.393 e. The lowest BCUT2D eigenvalue weighted by atomic mass is 10.1. The molecule has 70 valence electrons. The Morgan fingerprint density at radius 2 is 2.17 bits per heavy atom. The maximum absolute atomic E-state index is 9.55. The van der Waals surface area contributed by atoms with Gasteiger partial charge in [0.2, 0.25) is 0 Å². The summed E-state index contributed by atoms with van der Waals surface area (Å²) in [7, 11) is 0. The molecule has 1 heterocycles. The number of aliphatic hydroxyl groups excluding tert-OH is 1. The van der Waals surface area contributed by atoms with Gasteiger partial charge in [-0.05, 0) is 18.8 Å². The van der Waals surface area contributed by atoms with Crippen molar-refractivity contribution in [2.45, 2.75) is 31.4 Å². The maximum Gasteiger partial charge on any atom is 0.0580 e. The van der Waals surface area contributed by atoms with Crippen LogP contribution in [0.15, 0.2) is 0 Å². The van der Waals surface area contributed by atoms with E-state index in [1.54, 1.807) is 0 Å². The summed E-state index contributed by atoms with van der Waals surface area (Å²) in [4.78, 5) is 0. The molecule has 1 aliphatic heterocycles. The summed E-state index contributed by atoms with van der Waals surface area (Å²) in [6.45, 7) is 1.03. The Labute approximate surface area is 78.1 Å². The lowest BCUT2D eigenvalue weighted by Gasteiger charge is -2.28. The lowest BCUT2D eigenvalue weighted by Crippen LogP contribution is -2.43. The minimum absolute atomic E-state index is 0.0229. The summed E-state index contributed by atoms with van der Waals surface area (Å²) in [5.74, 6) is 3.07. The van der Waals surface area contributed by atoms with Crippen molar-refractivity contribution in [3.05, 3.63) is 0 Å². The molecule has 2 atom stereocenters. The Morgan fingerprint density at radius 3 is 2.67 bits per heavy atom. The first-order valence-electron chi connectivity index (χ1n) is 4.85. The fourth-order valence-electron chi connectivity index (χ4n) is 1.93. The smallest absolute Gasteiger partial charge is 0.0580 e. The first kappa shape index (κ1) is 8.85. The zero-order chi connectivity index (χ0) is 8.39. The molecule has 2 aliphatic rings. The predicted molar refractivity (Wildman–Crippen MR) is 52.5 cm³/mol. The fourth-order valence-corrected chi connectivity index (χ4v) is 2.63. The second-order valence-electron chi connectivity index (χ2n) is 3.90. The molecule has 0 amide bonds. The molecule has 0 aromatic heterocycles. The molecule has 1 saturated carbocycles. The molecule has 2 nitrogen and oxygen atoms in total. The van der Waals surface area contributed by atoms with Gasteiger partial charge >= 0.3 is 0 Å². The molecule has 1 aliphatic carbocycles. The molecular weight excluding hydrogens is 170 g/mol. The van der Waals surface area contributed by atoms with E-state index in [0.29, 0.717) is 5.92 Å². The Bertz CT molecular complexity index is 149. The molecule has 2 rings (SSSR count). The van der Waals surface area contributed by atoms with E-state index in [-0.39, 0.29) is 6.10 Å². The second-order valence-corrected chi connectivity index (χ2v) is 4.98. The highest BCUT2D eigenvalue weighted by atomic mass is 32.2.